The fourth-order valence-electron chi connectivity index (χ4n) is 3.23. The van der Waals surface area contributed by atoms with E-state index in [1.165, 1.54) is 11.1 Å². The Balaban J connectivity index is 1.77. The first-order valence-corrected chi connectivity index (χ1v) is 8.44. The number of amides is 1. The maximum Gasteiger partial charge on any atom is 0.409 e. The number of anilines is 1. The topological polar surface area (TPSA) is 99.5 Å². The van der Waals surface area contributed by atoms with E-state index in [9.17, 15) is 14.4 Å². The molecule has 2 atom stereocenters. The molecular weight excluding hydrogens is 338 g/mol. The second-order valence-electron chi connectivity index (χ2n) is 6.62. The number of carbonyl (C=O) groups is 3. The monoisotopic (exact) mass is 359 g/mol. The predicted octanol–water partition coefficient (Wildman–Crippen LogP) is 1.95. The smallest absolute Gasteiger partial charge is 0.409 e. The molecule has 8 heteroatoms. The Kier molecular flexibility index (Phi) is 4.92. The molecule has 2 aliphatic heterocycles. The van der Waals surface area contributed by atoms with Crippen LogP contribution in [0.2, 0.25) is 0 Å². The van der Waals surface area contributed by atoms with Gasteiger partial charge < -0.3 is 19.6 Å². The van der Waals surface area contributed by atoms with Crippen LogP contribution in [0.15, 0.2) is 23.2 Å². The van der Waals surface area contributed by atoms with Crippen LogP contribution >= 0.6 is 0 Å². The lowest BCUT2D eigenvalue weighted by Crippen LogP contribution is -2.35. The molecule has 1 aromatic carbocycles. The molecule has 1 amide bonds. The van der Waals surface area contributed by atoms with Gasteiger partial charge in [-0.25, -0.2) is 4.79 Å². The highest BCUT2D eigenvalue weighted by atomic mass is 16.6. The van der Waals surface area contributed by atoms with Crippen molar-refractivity contribution in [3.8, 4) is 0 Å². The van der Waals surface area contributed by atoms with Crippen LogP contribution in [0.1, 0.15) is 23.2 Å². The summed E-state index contributed by atoms with van der Waals surface area (Å²) in [4.78, 5) is 42.7. The Labute approximate surface area is 151 Å². The van der Waals surface area contributed by atoms with Crippen molar-refractivity contribution in [3.05, 3.63) is 23.8 Å². The van der Waals surface area contributed by atoms with Crippen LogP contribution in [0.3, 0.4) is 0 Å². The summed E-state index contributed by atoms with van der Waals surface area (Å²) in [7, 11) is 3.27. The van der Waals surface area contributed by atoms with Crippen LogP contribution in [0.25, 0.3) is 0 Å². The number of hydrogen-bond acceptors (Lipinski definition) is 6. The first-order valence-electron chi connectivity index (χ1n) is 8.44. The SMILES string of the molecule is CN(C)C(=O)OC[C@H]1CCCN1c1ccc2c(c1)N=CC(C(=O)O)C2=O. The van der Waals surface area contributed by atoms with Crippen LogP contribution in [0, 0.1) is 5.92 Å². The lowest BCUT2D eigenvalue weighted by atomic mass is 9.94. The van der Waals surface area contributed by atoms with Crippen molar-refractivity contribution in [2.45, 2.75) is 18.9 Å². The van der Waals surface area contributed by atoms with E-state index in [0.717, 1.165) is 25.1 Å². The first-order chi connectivity index (χ1) is 12.4. The Morgan fingerprint density at radius 1 is 1.38 bits per heavy atom. The zero-order chi connectivity index (χ0) is 18.8. The number of hydrogen-bond donors (Lipinski definition) is 1. The first kappa shape index (κ1) is 17.9. The lowest BCUT2D eigenvalue weighted by Gasteiger charge is -2.28. The highest BCUT2D eigenvalue weighted by Crippen LogP contribution is 2.33. The van der Waals surface area contributed by atoms with Crippen molar-refractivity contribution in [3.63, 3.8) is 0 Å². The molecule has 1 unspecified atom stereocenters. The molecule has 138 valence electrons. The number of rotatable bonds is 4. The highest BCUT2D eigenvalue weighted by Gasteiger charge is 2.32. The van der Waals surface area contributed by atoms with E-state index in [1.54, 1.807) is 32.3 Å². The summed E-state index contributed by atoms with van der Waals surface area (Å²) >= 11 is 0. The molecule has 0 bridgehead atoms. The van der Waals surface area contributed by atoms with Gasteiger partial charge in [0.25, 0.3) is 0 Å². The maximum atomic E-state index is 12.2. The molecule has 0 saturated carbocycles. The quantitative estimate of drug-likeness (QED) is 0.825. The minimum atomic E-state index is -1.22. The van der Waals surface area contributed by atoms with Crippen molar-refractivity contribution < 1.29 is 24.2 Å². The van der Waals surface area contributed by atoms with Crippen molar-refractivity contribution in [1.29, 1.82) is 0 Å². The molecule has 0 spiro atoms. The number of ketones is 1. The van der Waals surface area contributed by atoms with Crippen LogP contribution in [0.5, 0.6) is 0 Å². The fourth-order valence-corrected chi connectivity index (χ4v) is 3.23. The largest absolute Gasteiger partial charge is 0.480 e. The number of aliphatic carboxylic acids is 1. The van der Waals surface area contributed by atoms with Gasteiger partial charge >= 0.3 is 12.1 Å². The van der Waals surface area contributed by atoms with Gasteiger partial charge in [-0.3, -0.25) is 14.6 Å². The third-order valence-electron chi connectivity index (χ3n) is 4.63. The van der Waals surface area contributed by atoms with E-state index in [0.29, 0.717) is 11.3 Å². The average molecular weight is 359 g/mol. The van der Waals surface area contributed by atoms with Crippen molar-refractivity contribution in [2.24, 2.45) is 10.9 Å². The van der Waals surface area contributed by atoms with E-state index >= 15 is 0 Å². The van der Waals surface area contributed by atoms with Crippen molar-refractivity contribution in [2.75, 3.05) is 32.1 Å². The number of benzene rings is 1. The second kappa shape index (κ2) is 7.15. The van der Waals surface area contributed by atoms with E-state index < -0.39 is 17.7 Å². The zero-order valence-electron chi connectivity index (χ0n) is 14.7. The normalized spacial score (nSPS) is 21.5. The summed E-state index contributed by atoms with van der Waals surface area (Å²) in [6, 6.07) is 5.27. The Morgan fingerprint density at radius 3 is 2.85 bits per heavy atom. The number of nitrogens with zero attached hydrogens (tertiary/aromatic N) is 3. The summed E-state index contributed by atoms with van der Waals surface area (Å²) in [5.41, 5.74) is 1.67. The molecule has 1 N–H and O–H groups in total. The molecular formula is C18H21N3O5. The molecule has 1 fully saturated rings. The molecule has 8 nitrogen and oxygen atoms in total. The van der Waals surface area contributed by atoms with Crippen LogP contribution in [-0.2, 0) is 9.53 Å². The number of carbonyl (C=O) groups excluding carboxylic acids is 2. The van der Waals surface area contributed by atoms with Gasteiger partial charge in [0, 0.05) is 38.1 Å². The average Bonchev–Trinajstić information content (AvgIpc) is 3.07. The molecule has 0 radical (unpaired) electrons. The Morgan fingerprint density at radius 2 is 2.15 bits per heavy atom. The van der Waals surface area contributed by atoms with Gasteiger partial charge in [0.2, 0.25) is 0 Å². The molecule has 1 saturated heterocycles. The van der Waals surface area contributed by atoms with Gasteiger partial charge in [0.1, 0.15) is 6.61 Å². The molecule has 2 aliphatic rings. The van der Waals surface area contributed by atoms with Gasteiger partial charge in [0.15, 0.2) is 11.7 Å². The molecule has 0 aromatic heterocycles. The molecule has 2 heterocycles. The van der Waals surface area contributed by atoms with Crippen LogP contribution in [-0.4, -0.2) is 67.4 Å². The van der Waals surface area contributed by atoms with Gasteiger partial charge in [-0.2, -0.15) is 0 Å². The van der Waals surface area contributed by atoms with Crippen molar-refractivity contribution >= 4 is 35.4 Å². The number of carboxylic acids is 1. The van der Waals surface area contributed by atoms with E-state index in [1.807, 2.05) is 0 Å². The summed E-state index contributed by atoms with van der Waals surface area (Å²) < 4.78 is 5.31. The summed E-state index contributed by atoms with van der Waals surface area (Å²) in [6.45, 7) is 1.11. The minimum Gasteiger partial charge on any atom is -0.480 e. The molecule has 1 aromatic rings. The van der Waals surface area contributed by atoms with Crippen molar-refractivity contribution in [1.82, 2.24) is 4.90 Å². The van der Waals surface area contributed by atoms with Gasteiger partial charge in [0.05, 0.1) is 11.7 Å². The molecule has 26 heavy (non-hydrogen) atoms. The number of ether oxygens (including phenoxy) is 1. The van der Waals surface area contributed by atoms with E-state index in [2.05, 4.69) is 9.89 Å². The Bertz CT molecular complexity index is 774. The van der Waals surface area contributed by atoms with Crippen LogP contribution in [0.4, 0.5) is 16.2 Å². The van der Waals surface area contributed by atoms with Gasteiger partial charge in [-0.05, 0) is 31.0 Å². The Hall–Kier alpha value is -2.90. The van der Waals surface area contributed by atoms with Gasteiger partial charge in [-0.15, -0.1) is 0 Å². The highest BCUT2D eigenvalue weighted by molar-refractivity contribution is 6.22. The third kappa shape index (κ3) is 3.40. The lowest BCUT2D eigenvalue weighted by molar-refractivity contribution is -0.137. The second-order valence-corrected chi connectivity index (χ2v) is 6.62. The fraction of sp³-hybridized carbons (Fsp3) is 0.444. The maximum absolute atomic E-state index is 12.2. The molecule has 0 aliphatic carbocycles. The summed E-state index contributed by atoms with van der Waals surface area (Å²) in [5.74, 6) is -2.87. The number of carboxylic acid groups (broad SMARTS) is 1. The third-order valence-corrected chi connectivity index (χ3v) is 4.63. The number of Topliss-reactive ketones (excluding diaryl/α,β-unsaturated/α-hetero) is 1. The number of fused-ring (bicyclic) bond motifs is 1. The zero-order valence-corrected chi connectivity index (χ0v) is 14.7. The molecule has 3 rings (SSSR count). The number of aliphatic imine (C=N–C) groups is 1. The predicted molar refractivity (Wildman–Crippen MR) is 95.5 cm³/mol. The van der Waals surface area contributed by atoms with Gasteiger partial charge in [-0.1, -0.05) is 0 Å². The van der Waals surface area contributed by atoms with E-state index in [4.69, 9.17) is 9.84 Å². The summed E-state index contributed by atoms with van der Waals surface area (Å²) in [6.07, 6.45) is 2.68. The van der Waals surface area contributed by atoms with E-state index in [-0.39, 0.29) is 18.7 Å². The minimum absolute atomic E-state index is 0.0620. The summed E-state index contributed by atoms with van der Waals surface area (Å²) in [5, 5.41) is 9.07. The standard InChI is InChI=1S/C18H21N3O5/c1-20(2)18(25)26-10-12-4-3-7-21(12)11-5-6-13-15(8-11)19-9-14(16(13)22)17(23)24/h5-6,8-9,12,14H,3-4,7,10H2,1-2H3,(H,23,24)/t12-,14?/m1/s1. The van der Waals surface area contributed by atoms with Crippen LogP contribution < -0.4 is 4.90 Å².